The van der Waals surface area contributed by atoms with Gasteiger partial charge in [0.15, 0.2) is 0 Å². The average Bonchev–Trinajstić information content (AvgIpc) is 2.89. The van der Waals surface area contributed by atoms with Crippen LogP contribution in [0.25, 0.3) is 0 Å². The molecule has 21 heavy (non-hydrogen) atoms. The highest BCUT2D eigenvalue weighted by Crippen LogP contribution is 2.52. The summed E-state index contributed by atoms with van der Waals surface area (Å²) in [5.74, 6) is 0.116. The van der Waals surface area contributed by atoms with Crippen molar-refractivity contribution in [3.05, 3.63) is 35.4 Å². The highest BCUT2D eigenvalue weighted by Gasteiger charge is 2.56. The Hall–Kier alpha value is -1.39. The van der Waals surface area contributed by atoms with Crippen molar-refractivity contribution in [3.63, 3.8) is 0 Å². The van der Waals surface area contributed by atoms with E-state index < -0.39 is 0 Å². The Morgan fingerprint density at radius 1 is 1.43 bits per heavy atom. The summed E-state index contributed by atoms with van der Waals surface area (Å²) in [6.07, 6.45) is 0.908. The van der Waals surface area contributed by atoms with Crippen molar-refractivity contribution in [2.75, 3.05) is 20.1 Å². The third-order valence-corrected chi connectivity index (χ3v) is 5.03. The lowest BCUT2D eigenvalue weighted by Gasteiger charge is -2.34. The SMILES string of the molecule is CC(C)NC(=O)[C@@H]1CN(C)C[C@]12Cc1ccccc1C2N. The second-order valence-electron chi connectivity index (χ2n) is 7.00. The van der Waals surface area contributed by atoms with Gasteiger partial charge in [-0.1, -0.05) is 24.3 Å². The maximum atomic E-state index is 12.7. The zero-order valence-electron chi connectivity index (χ0n) is 13.1. The standard InChI is InChI=1S/C17H25N3O/c1-11(2)19-16(21)14-9-20(3)10-17(14)8-12-6-4-5-7-13(12)15(17)18/h4-7,11,14-15H,8-10,18H2,1-3H3,(H,19,21)/t14-,15?,17+/m0/s1. The van der Waals surface area contributed by atoms with Gasteiger partial charge in [-0.15, -0.1) is 0 Å². The van der Waals surface area contributed by atoms with Crippen LogP contribution in [0.2, 0.25) is 0 Å². The number of nitrogens with zero attached hydrogens (tertiary/aromatic N) is 1. The van der Waals surface area contributed by atoms with E-state index in [9.17, 15) is 4.79 Å². The first-order valence-electron chi connectivity index (χ1n) is 7.76. The highest BCUT2D eigenvalue weighted by atomic mass is 16.2. The number of benzene rings is 1. The number of hydrogen-bond donors (Lipinski definition) is 2. The molecule has 0 radical (unpaired) electrons. The van der Waals surface area contributed by atoms with Gasteiger partial charge in [0.25, 0.3) is 0 Å². The minimum absolute atomic E-state index is 0.0349. The molecule has 114 valence electrons. The summed E-state index contributed by atoms with van der Waals surface area (Å²) in [5, 5.41) is 3.08. The van der Waals surface area contributed by atoms with Crippen LogP contribution in [0.15, 0.2) is 24.3 Å². The molecule has 4 heteroatoms. The summed E-state index contributed by atoms with van der Waals surface area (Å²) < 4.78 is 0. The largest absolute Gasteiger partial charge is 0.354 e. The number of carbonyl (C=O) groups excluding carboxylic acids is 1. The maximum absolute atomic E-state index is 12.7. The van der Waals surface area contributed by atoms with E-state index in [0.29, 0.717) is 0 Å². The number of likely N-dealkylation sites (tertiary alicyclic amines) is 1. The molecule has 1 aliphatic heterocycles. The van der Waals surface area contributed by atoms with Crippen molar-refractivity contribution in [2.24, 2.45) is 17.1 Å². The Kier molecular flexibility index (Phi) is 3.54. The number of fused-ring (bicyclic) bond motifs is 1. The molecule has 0 bridgehead atoms. The van der Waals surface area contributed by atoms with E-state index in [2.05, 4.69) is 35.5 Å². The number of nitrogens with one attached hydrogen (secondary N) is 1. The molecular weight excluding hydrogens is 262 g/mol. The predicted molar refractivity (Wildman–Crippen MR) is 83.8 cm³/mol. The van der Waals surface area contributed by atoms with E-state index in [4.69, 9.17) is 5.73 Å². The highest BCUT2D eigenvalue weighted by molar-refractivity contribution is 5.81. The fourth-order valence-corrected chi connectivity index (χ4v) is 4.17. The van der Waals surface area contributed by atoms with Crippen molar-refractivity contribution in [1.82, 2.24) is 10.2 Å². The third kappa shape index (κ3) is 2.27. The first kappa shape index (κ1) is 14.5. The lowest BCUT2D eigenvalue weighted by atomic mass is 9.72. The smallest absolute Gasteiger partial charge is 0.225 e. The summed E-state index contributed by atoms with van der Waals surface area (Å²) >= 11 is 0. The van der Waals surface area contributed by atoms with Crippen LogP contribution in [-0.4, -0.2) is 37.0 Å². The molecule has 3 N–H and O–H groups in total. The van der Waals surface area contributed by atoms with Gasteiger partial charge in [-0.2, -0.15) is 0 Å². The van der Waals surface area contributed by atoms with E-state index in [0.717, 1.165) is 19.5 Å². The van der Waals surface area contributed by atoms with Crippen LogP contribution in [0.3, 0.4) is 0 Å². The van der Waals surface area contributed by atoms with E-state index in [1.165, 1.54) is 11.1 Å². The quantitative estimate of drug-likeness (QED) is 0.862. The predicted octanol–water partition coefficient (Wildman–Crippen LogP) is 1.32. The van der Waals surface area contributed by atoms with Crippen LogP contribution in [-0.2, 0) is 11.2 Å². The molecule has 2 aliphatic rings. The molecule has 0 saturated carbocycles. The first-order chi connectivity index (χ1) is 9.94. The normalized spacial score (nSPS) is 31.9. The van der Waals surface area contributed by atoms with Gasteiger partial charge >= 0.3 is 0 Å². The Morgan fingerprint density at radius 3 is 2.81 bits per heavy atom. The summed E-state index contributed by atoms with van der Waals surface area (Å²) in [5.41, 5.74) is 8.97. The molecule has 1 unspecified atom stereocenters. The Balaban J connectivity index is 1.94. The second-order valence-corrected chi connectivity index (χ2v) is 7.00. The zero-order chi connectivity index (χ0) is 15.2. The van der Waals surface area contributed by atoms with Crippen LogP contribution >= 0.6 is 0 Å². The van der Waals surface area contributed by atoms with E-state index >= 15 is 0 Å². The summed E-state index contributed by atoms with van der Waals surface area (Å²) in [6.45, 7) is 5.69. The lowest BCUT2D eigenvalue weighted by molar-refractivity contribution is -0.128. The second kappa shape index (κ2) is 5.11. The number of rotatable bonds is 2. The van der Waals surface area contributed by atoms with Gasteiger partial charge in [0.1, 0.15) is 0 Å². The monoisotopic (exact) mass is 287 g/mol. The average molecular weight is 287 g/mol. The third-order valence-electron chi connectivity index (χ3n) is 5.03. The fourth-order valence-electron chi connectivity index (χ4n) is 4.17. The summed E-state index contributed by atoms with van der Waals surface area (Å²) in [6, 6.07) is 8.48. The van der Waals surface area contributed by atoms with Gasteiger partial charge in [0.05, 0.1) is 5.92 Å². The topological polar surface area (TPSA) is 58.4 Å². The Bertz CT molecular complexity index is 557. The van der Waals surface area contributed by atoms with Crippen molar-refractivity contribution < 1.29 is 4.79 Å². The fraction of sp³-hybridized carbons (Fsp3) is 0.588. The number of amides is 1. The lowest BCUT2D eigenvalue weighted by Crippen LogP contribution is -2.47. The van der Waals surface area contributed by atoms with Crippen LogP contribution in [0.1, 0.15) is 31.0 Å². The minimum Gasteiger partial charge on any atom is -0.354 e. The van der Waals surface area contributed by atoms with Gasteiger partial charge in [-0.3, -0.25) is 4.79 Å². The molecule has 4 nitrogen and oxygen atoms in total. The molecule has 1 spiro atoms. The molecule has 1 fully saturated rings. The summed E-state index contributed by atoms with van der Waals surface area (Å²) in [4.78, 5) is 14.9. The molecule has 0 aromatic heterocycles. The van der Waals surface area contributed by atoms with Crippen LogP contribution in [0, 0.1) is 11.3 Å². The number of carbonyl (C=O) groups is 1. The van der Waals surface area contributed by atoms with Crippen molar-refractivity contribution >= 4 is 5.91 Å². The molecule has 3 rings (SSSR count). The maximum Gasteiger partial charge on any atom is 0.225 e. The van der Waals surface area contributed by atoms with Gasteiger partial charge in [-0.05, 0) is 38.4 Å². The summed E-state index contributed by atoms with van der Waals surface area (Å²) in [7, 11) is 2.08. The zero-order valence-corrected chi connectivity index (χ0v) is 13.1. The van der Waals surface area contributed by atoms with Gasteiger partial charge < -0.3 is 16.0 Å². The van der Waals surface area contributed by atoms with Crippen molar-refractivity contribution in [2.45, 2.75) is 32.4 Å². The van der Waals surface area contributed by atoms with E-state index in [1.54, 1.807) is 0 Å². The van der Waals surface area contributed by atoms with E-state index in [-0.39, 0.29) is 29.3 Å². The molecule has 1 amide bonds. The van der Waals surface area contributed by atoms with Gasteiger partial charge in [0, 0.05) is 30.6 Å². The minimum atomic E-state index is -0.155. The van der Waals surface area contributed by atoms with Gasteiger partial charge in [-0.25, -0.2) is 0 Å². The Morgan fingerprint density at radius 2 is 2.14 bits per heavy atom. The van der Waals surface area contributed by atoms with Crippen molar-refractivity contribution in [3.8, 4) is 0 Å². The van der Waals surface area contributed by atoms with Gasteiger partial charge in [0.2, 0.25) is 5.91 Å². The molecule has 1 aromatic rings. The van der Waals surface area contributed by atoms with E-state index in [1.807, 2.05) is 19.9 Å². The molecule has 1 heterocycles. The molecule has 1 saturated heterocycles. The first-order valence-corrected chi connectivity index (χ1v) is 7.76. The molecule has 3 atom stereocenters. The van der Waals surface area contributed by atoms with Crippen LogP contribution < -0.4 is 11.1 Å². The number of hydrogen-bond acceptors (Lipinski definition) is 3. The Labute approximate surface area is 126 Å². The molecule has 1 aliphatic carbocycles. The van der Waals surface area contributed by atoms with Crippen molar-refractivity contribution in [1.29, 1.82) is 0 Å². The molecule has 1 aromatic carbocycles. The molecular formula is C17H25N3O. The number of nitrogens with two attached hydrogens (primary N) is 1. The van der Waals surface area contributed by atoms with Crippen LogP contribution in [0.5, 0.6) is 0 Å². The van der Waals surface area contributed by atoms with Crippen LogP contribution in [0.4, 0.5) is 0 Å².